The second-order valence-corrected chi connectivity index (χ2v) is 7.22. The molecular formula is C11H22N2O5S. The van der Waals surface area contributed by atoms with Crippen LogP contribution in [0, 0.1) is 5.92 Å². The third-order valence-corrected chi connectivity index (χ3v) is 5.43. The van der Waals surface area contributed by atoms with Gasteiger partial charge in [0.2, 0.25) is 0 Å². The summed E-state index contributed by atoms with van der Waals surface area (Å²) in [6.45, 7) is 3.95. The zero-order valence-electron chi connectivity index (χ0n) is 11.8. The molecule has 0 aromatic heterocycles. The fourth-order valence-electron chi connectivity index (χ4n) is 1.76. The molecule has 0 unspecified atom stereocenters. The van der Waals surface area contributed by atoms with E-state index in [2.05, 4.69) is 4.74 Å². The summed E-state index contributed by atoms with van der Waals surface area (Å²) in [7, 11) is -0.945. The molecule has 0 atom stereocenters. The average Bonchev–Trinajstić information content (AvgIpc) is 2.30. The fourth-order valence-corrected chi connectivity index (χ4v) is 3.25. The summed E-state index contributed by atoms with van der Waals surface area (Å²) in [6.07, 6.45) is 0.00845. The summed E-state index contributed by atoms with van der Waals surface area (Å²) in [5, 5.41) is 10.1. The second-order valence-electron chi connectivity index (χ2n) is 5.18. The molecule has 1 aliphatic rings. The summed E-state index contributed by atoms with van der Waals surface area (Å²) >= 11 is 0. The van der Waals surface area contributed by atoms with Crippen LogP contribution in [0.5, 0.6) is 0 Å². The van der Waals surface area contributed by atoms with Gasteiger partial charge < -0.3 is 9.84 Å². The zero-order chi connectivity index (χ0) is 14.8. The molecule has 112 valence electrons. The Kier molecular flexibility index (Phi) is 4.94. The summed E-state index contributed by atoms with van der Waals surface area (Å²) in [4.78, 5) is 11.0. The number of rotatable bonds is 6. The van der Waals surface area contributed by atoms with Crippen molar-refractivity contribution in [2.24, 2.45) is 5.92 Å². The van der Waals surface area contributed by atoms with Crippen molar-refractivity contribution in [3.63, 3.8) is 0 Å². The number of methoxy groups -OCH3 is 1. The van der Waals surface area contributed by atoms with E-state index in [1.54, 1.807) is 0 Å². The maximum Gasteiger partial charge on any atom is 0.306 e. The summed E-state index contributed by atoms with van der Waals surface area (Å²) in [6, 6.07) is 0. The SMILES string of the molecule is COC(=O)CCN(C)S(=O)(=O)N1CC(O)(C(C)C)C1. The second kappa shape index (κ2) is 5.74. The summed E-state index contributed by atoms with van der Waals surface area (Å²) in [5.74, 6) is -0.455. The maximum atomic E-state index is 12.1. The lowest BCUT2D eigenvalue weighted by Gasteiger charge is -2.48. The van der Waals surface area contributed by atoms with Crippen LogP contribution in [-0.4, -0.2) is 67.5 Å². The first kappa shape index (κ1) is 16.4. The third-order valence-electron chi connectivity index (χ3n) is 3.55. The quantitative estimate of drug-likeness (QED) is 0.663. The zero-order valence-corrected chi connectivity index (χ0v) is 12.6. The van der Waals surface area contributed by atoms with Crippen molar-refractivity contribution in [3.8, 4) is 0 Å². The van der Waals surface area contributed by atoms with E-state index in [4.69, 9.17) is 0 Å². The molecule has 1 N–H and O–H groups in total. The predicted molar refractivity (Wildman–Crippen MR) is 69.5 cm³/mol. The van der Waals surface area contributed by atoms with Gasteiger partial charge in [0.25, 0.3) is 10.2 Å². The Bertz CT molecular complexity index is 428. The lowest BCUT2D eigenvalue weighted by molar-refractivity contribution is -0.140. The molecule has 1 saturated heterocycles. The first-order valence-corrected chi connectivity index (χ1v) is 7.54. The van der Waals surface area contributed by atoms with Gasteiger partial charge in [-0.1, -0.05) is 13.8 Å². The maximum absolute atomic E-state index is 12.1. The Morgan fingerprint density at radius 3 is 2.42 bits per heavy atom. The normalized spacial score (nSPS) is 19.5. The van der Waals surface area contributed by atoms with Gasteiger partial charge in [-0.05, 0) is 5.92 Å². The van der Waals surface area contributed by atoms with E-state index in [9.17, 15) is 18.3 Å². The van der Waals surface area contributed by atoms with Crippen molar-refractivity contribution in [2.45, 2.75) is 25.9 Å². The van der Waals surface area contributed by atoms with Crippen molar-refractivity contribution in [1.82, 2.24) is 8.61 Å². The average molecular weight is 294 g/mol. The van der Waals surface area contributed by atoms with Crippen molar-refractivity contribution in [2.75, 3.05) is 33.8 Å². The van der Waals surface area contributed by atoms with E-state index >= 15 is 0 Å². The number of nitrogens with zero attached hydrogens (tertiary/aromatic N) is 2. The van der Waals surface area contributed by atoms with Crippen LogP contribution >= 0.6 is 0 Å². The summed E-state index contributed by atoms with van der Waals surface area (Å²) < 4.78 is 31.0. The molecule has 7 nitrogen and oxygen atoms in total. The van der Waals surface area contributed by atoms with Gasteiger partial charge in [0.05, 0.1) is 19.1 Å². The number of ether oxygens (including phenoxy) is 1. The van der Waals surface area contributed by atoms with Crippen LogP contribution in [0.2, 0.25) is 0 Å². The first-order valence-electron chi connectivity index (χ1n) is 6.14. The van der Waals surface area contributed by atoms with Crippen LogP contribution in [0.25, 0.3) is 0 Å². The Balaban J connectivity index is 2.56. The lowest BCUT2D eigenvalue weighted by atomic mass is 9.85. The number of carbonyl (C=O) groups excluding carboxylic acids is 1. The molecule has 0 aromatic carbocycles. The smallest absolute Gasteiger partial charge is 0.306 e. The highest BCUT2D eigenvalue weighted by Crippen LogP contribution is 2.31. The molecule has 0 saturated carbocycles. The number of hydrogen-bond donors (Lipinski definition) is 1. The van der Waals surface area contributed by atoms with Crippen LogP contribution in [-0.2, 0) is 19.7 Å². The van der Waals surface area contributed by atoms with Gasteiger partial charge in [0, 0.05) is 26.7 Å². The largest absolute Gasteiger partial charge is 0.469 e. The molecule has 0 amide bonds. The van der Waals surface area contributed by atoms with Gasteiger partial charge in [-0.25, -0.2) is 0 Å². The van der Waals surface area contributed by atoms with Crippen molar-refractivity contribution in [3.05, 3.63) is 0 Å². The van der Waals surface area contributed by atoms with E-state index in [1.807, 2.05) is 13.8 Å². The Morgan fingerprint density at radius 1 is 1.47 bits per heavy atom. The van der Waals surface area contributed by atoms with E-state index in [0.717, 1.165) is 4.31 Å². The molecule has 1 heterocycles. The van der Waals surface area contributed by atoms with Gasteiger partial charge in [-0.15, -0.1) is 0 Å². The first-order chi connectivity index (χ1) is 8.63. The van der Waals surface area contributed by atoms with Gasteiger partial charge in [-0.2, -0.15) is 17.0 Å². The van der Waals surface area contributed by atoms with E-state index in [-0.39, 0.29) is 32.0 Å². The molecule has 0 radical (unpaired) electrons. The Morgan fingerprint density at radius 2 is 2.00 bits per heavy atom. The molecule has 0 aromatic rings. The highest BCUT2D eigenvalue weighted by Gasteiger charge is 2.49. The van der Waals surface area contributed by atoms with Crippen LogP contribution in [0.4, 0.5) is 0 Å². The van der Waals surface area contributed by atoms with Crippen molar-refractivity contribution < 1.29 is 23.1 Å². The molecule has 19 heavy (non-hydrogen) atoms. The molecular weight excluding hydrogens is 272 g/mol. The van der Waals surface area contributed by atoms with Gasteiger partial charge in [0.15, 0.2) is 0 Å². The van der Waals surface area contributed by atoms with Crippen molar-refractivity contribution in [1.29, 1.82) is 0 Å². The highest BCUT2D eigenvalue weighted by atomic mass is 32.2. The van der Waals surface area contributed by atoms with Crippen LogP contribution < -0.4 is 0 Å². The number of aliphatic hydroxyl groups is 1. The molecule has 8 heteroatoms. The molecule has 0 spiro atoms. The fraction of sp³-hybridized carbons (Fsp3) is 0.909. The van der Waals surface area contributed by atoms with E-state index in [1.165, 1.54) is 18.5 Å². The molecule has 0 aliphatic carbocycles. The highest BCUT2D eigenvalue weighted by molar-refractivity contribution is 7.86. The molecule has 1 fully saturated rings. The number of β-amino-alcohol motifs (C(OH)–C–C–N with tert-alkyl or cyclic N) is 1. The van der Waals surface area contributed by atoms with E-state index in [0.29, 0.717) is 0 Å². The minimum Gasteiger partial charge on any atom is -0.469 e. The third kappa shape index (κ3) is 3.44. The molecule has 1 rings (SSSR count). The number of esters is 1. The predicted octanol–water partition coefficient (Wildman–Crippen LogP) is -0.571. The topological polar surface area (TPSA) is 87.2 Å². The minimum absolute atomic E-state index is 0.000625. The van der Waals surface area contributed by atoms with E-state index < -0.39 is 21.8 Å². The standard InChI is InChI=1S/C11H22N2O5S/c1-9(2)11(15)7-13(8-11)19(16,17)12(3)6-5-10(14)18-4/h9,15H,5-8H2,1-4H3. The van der Waals surface area contributed by atoms with Gasteiger partial charge in [-0.3, -0.25) is 4.79 Å². The molecule has 0 bridgehead atoms. The number of carbonyl (C=O) groups is 1. The minimum atomic E-state index is -3.61. The van der Waals surface area contributed by atoms with Crippen LogP contribution in [0.3, 0.4) is 0 Å². The Hall–Kier alpha value is -0.700. The van der Waals surface area contributed by atoms with Crippen LogP contribution in [0.15, 0.2) is 0 Å². The van der Waals surface area contributed by atoms with Gasteiger partial charge >= 0.3 is 5.97 Å². The summed E-state index contributed by atoms with van der Waals surface area (Å²) in [5.41, 5.74) is -0.948. The molecule has 1 aliphatic heterocycles. The van der Waals surface area contributed by atoms with Crippen molar-refractivity contribution >= 4 is 16.2 Å². The Labute approximate surface area is 114 Å². The lowest BCUT2D eigenvalue weighted by Crippen LogP contribution is -2.67. The number of hydrogen-bond acceptors (Lipinski definition) is 5. The monoisotopic (exact) mass is 294 g/mol. The van der Waals surface area contributed by atoms with Gasteiger partial charge in [0.1, 0.15) is 0 Å². The van der Waals surface area contributed by atoms with Crippen LogP contribution in [0.1, 0.15) is 20.3 Å².